The van der Waals surface area contributed by atoms with Crippen molar-refractivity contribution in [3.63, 3.8) is 0 Å². The van der Waals surface area contributed by atoms with Gasteiger partial charge in [-0.15, -0.1) is 0 Å². The Hall–Kier alpha value is -1.16. The molecule has 8 heteroatoms. The molecule has 7 nitrogen and oxygen atoms in total. The number of β-amino-alcohol motifs (C(OH)–C–C–N with tert-alkyl or cyclic N) is 1. The van der Waals surface area contributed by atoms with Crippen LogP contribution in [0.4, 0.5) is 0 Å². The predicted molar refractivity (Wildman–Crippen MR) is 65.5 cm³/mol. The first-order valence-corrected chi connectivity index (χ1v) is 6.70. The number of benzene rings is 1. The van der Waals surface area contributed by atoms with E-state index in [1.807, 2.05) is 0 Å². The van der Waals surface area contributed by atoms with E-state index in [1.54, 1.807) is 30.3 Å². The molecule has 1 fully saturated rings. The molecule has 0 amide bonds. The summed E-state index contributed by atoms with van der Waals surface area (Å²) in [5.74, 6) is -1.21. The van der Waals surface area contributed by atoms with Gasteiger partial charge in [-0.05, 0) is 5.56 Å². The first-order chi connectivity index (χ1) is 8.42. The fourth-order valence-electron chi connectivity index (χ4n) is 1.88. The van der Waals surface area contributed by atoms with Crippen LogP contribution in [0.3, 0.4) is 0 Å². The quantitative estimate of drug-likeness (QED) is 0.549. The van der Waals surface area contributed by atoms with Gasteiger partial charge in [0.15, 0.2) is 6.04 Å². The molecule has 0 spiro atoms. The molecule has 1 heterocycles. The van der Waals surface area contributed by atoms with Crippen LogP contribution in [0.25, 0.3) is 0 Å². The van der Waals surface area contributed by atoms with Crippen molar-refractivity contribution in [3.8, 4) is 0 Å². The predicted octanol–water partition coefficient (Wildman–Crippen LogP) is 0.617. The van der Waals surface area contributed by atoms with Gasteiger partial charge >= 0.3 is 5.97 Å². The maximum absolute atomic E-state index is 11.3. The van der Waals surface area contributed by atoms with Gasteiger partial charge in [-0.2, -0.15) is 9.03 Å². The van der Waals surface area contributed by atoms with E-state index in [0.717, 1.165) is 4.31 Å². The Labute approximate surface area is 105 Å². The minimum Gasteiger partial charge on any atom is -0.480 e. The van der Waals surface area contributed by atoms with E-state index in [9.17, 15) is 24.1 Å². The van der Waals surface area contributed by atoms with Crippen LogP contribution in [0.5, 0.6) is 0 Å². The molecule has 5 N–H and O–H groups in total. The van der Waals surface area contributed by atoms with E-state index >= 15 is 0 Å². The zero-order chi connectivity index (χ0) is 13.3. The average Bonchev–Trinajstić information content (AvgIpc) is 2.53. The monoisotopic (exact) mass is 274 g/mol. The molecule has 0 aliphatic carbocycles. The summed E-state index contributed by atoms with van der Waals surface area (Å²) in [6.45, 7) is -0.172. The highest BCUT2D eigenvalue weighted by molar-refractivity contribution is 8.20. The molecule has 2 unspecified atom stereocenters. The van der Waals surface area contributed by atoms with Gasteiger partial charge in [0.05, 0.1) is 6.54 Å². The van der Waals surface area contributed by atoms with Gasteiger partial charge < -0.3 is 10.2 Å². The van der Waals surface area contributed by atoms with Crippen molar-refractivity contribution in [2.75, 3.05) is 6.54 Å². The van der Waals surface area contributed by atoms with E-state index in [2.05, 4.69) is 4.72 Å². The van der Waals surface area contributed by atoms with Gasteiger partial charge in [-0.25, -0.2) is 0 Å². The number of nitrogens with one attached hydrogen (secondary N) is 1. The number of carboxylic acids is 1. The Bertz CT molecular complexity index is 441. The molecular formula is C10H14N2O5S. The third kappa shape index (κ3) is 2.48. The highest BCUT2D eigenvalue weighted by Crippen LogP contribution is 2.48. The van der Waals surface area contributed by atoms with Crippen molar-refractivity contribution in [1.82, 2.24) is 9.03 Å². The van der Waals surface area contributed by atoms with E-state index in [1.165, 1.54) is 0 Å². The summed E-state index contributed by atoms with van der Waals surface area (Å²) in [6.07, 6.45) is -1.17. The highest BCUT2D eigenvalue weighted by atomic mass is 32.3. The van der Waals surface area contributed by atoms with Crippen LogP contribution >= 0.6 is 11.0 Å². The SMILES string of the molecule is O=C(O)C(c1ccccc1)N1CC(O)NS1(O)O. The fourth-order valence-corrected chi connectivity index (χ4v) is 3.31. The number of hydrogen-bond acceptors (Lipinski definition) is 6. The summed E-state index contributed by atoms with van der Waals surface area (Å²) in [7, 11) is -3.48. The summed E-state index contributed by atoms with van der Waals surface area (Å²) in [5, 5.41) is 18.6. The molecule has 2 atom stereocenters. The lowest BCUT2D eigenvalue weighted by atomic mass is 10.1. The lowest BCUT2D eigenvalue weighted by Gasteiger charge is -2.38. The lowest BCUT2D eigenvalue weighted by molar-refractivity contribution is -0.141. The van der Waals surface area contributed by atoms with Gasteiger partial charge in [0, 0.05) is 0 Å². The van der Waals surface area contributed by atoms with Crippen molar-refractivity contribution >= 4 is 16.9 Å². The molecule has 0 aromatic heterocycles. The zero-order valence-electron chi connectivity index (χ0n) is 9.30. The molecule has 0 saturated carbocycles. The molecule has 1 aromatic carbocycles. The molecule has 1 aliphatic rings. The van der Waals surface area contributed by atoms with Gasteiger partial charge in [0.2, 0.25) is 0 Å². The topological polar surface area (TPSA) is 113 Å². The third-order valence-electron chi connectivity index (χ3n) is 2.61. The van der Waals surface area contributed by atoms with Crippen LogP contribution in [-0.2, 0) is 4.79 Å². The standard InChI is InChI=1S/C10H14N2O5S/c13-8-6-12(18(16,17)11-8)9(10(14)15)7-4-2-1-3-5-7/h1-5,8-9,11,13,16-17H,6H2,(H,14,15). The minimum atomic E-state index is -3.48. The number of aliphatic carboxylic acids is 1. The summed E-state index contributed by atoms with van der Waals surface area (Å²) in [6, 6.07) is 7.00. The highest BCUT2D eigenvalue weighted by Gasteiger charge is 2.43. The average molecular weight is 274 g/mol. The first-order valence-electron chi connectivity index (χ1n) is 5.20. The lowest BCUT2D eigenvalue weighted by Crippen LogP contribution is -2.34. The fraction of sp³-hybridized carbons (Fsp3) is 0.300. The number of nitrogens with zero attached hydrogens (tertiary/aromatic N) is 1. The van der Waals surface area contributed by atoms with E-state index in [-0.39, 0.29) is 6.54 Å². The molecule has 2 rings (SSSR count). The Balaban J connectivity index is 2.35. The Morgan fingerprint density at radius 1 is 1.39 bits per heavy atom. The van der Waals surface area contributed by atoms with Gasteiger partial charge in [-0.1, -0.05) is 41.3 Å². The molecule has 0 radical (unpaired) electrons. The largest absolute Gasteiger partial charge is 0.480 e. The van der Waals surface area contributed by atoms with Crippen molar-refractivity contribution in [3.05, 3.63) is 35.9 Å². The number of hydrogen-bond donors (Lipinski definition) is 5. The molecule has 1 aromatic rings. The van der Waals surface area contributed by atoms with Crippen molar-refractivity contribution in [1.29, 1.82) is 0 Å². The molecular weight excluding hydrogens is 260 g/mol. The zero-order valence-corrected chi connectivity index (χ0v) is 10.1. The number of aliphatic hydroxyl groups excluding tert-OH is 1. The van der Waals surface area contributed by atoms with Crippen LogP contribution in [0.2, 0.25) is 0 Å². The summed E-state index contributed by atoms with van der Waals surface area (Å²) < 4.78 is 22.6. The molecule has 1 aliphatic heterocycles. The normalized spacial score (nSPS) is 26.7. The number of carbonyl (C=O) groups is 1. The van der Waals surface area contributed by atoms with Crippen LogP contribution in [0.1, 0.15) is 11.6 Å². The summed E-state index contributed by atoms with van der Waals surface area (Å²) in [4.78, 5) is 11.3. The van der Waals surface area contributed by atoms with E-state index in [4.69, 9.17) is 0 Å². The maximum atomic E-state index is 11.3. The minimum absolute atomic E-state index is 0.172. The smallest absolute Gasteiger partial charge is 0.327 e. The van der Waals surface area contributed by atoms with Crippen LogP contribution in [0.15, 0.2) is 30.3 Å². The van der Waals surface area contributed by atoms with Crippen molar-refractivity contribution < 1.29 is 24.1 Å². The Kier molecular flexibility index (Phi) is 3.57. The molecule has 1 saturated heterocycles. The Morgan fingerprint density at radius 2 is 2.00 bits per heavy atom. The van der Waals surface area contributed by atoms with Crippen molar-refractivity contribution in [2.24, 2.45) is 0 Å². The second-order valence-electron chi connectivity index (χ2n) is 3.90. The van der Waals surface area contributed by atoms with Crippen LogP contribution in [-0.4, -0.2) is 42.4 Å². The second-order valence-corrected chi connectivity index (χ2v) is 5.65. The maximum Gasteiger partial charge on any atom is 0.327 e. The summed E-state index contributed by atoms with van der Waals surface area (Å²) >= 11 is 0. The van der Waals surface area contributed by atoms with Crippen LogP contribution in [0, 0.1) is 0 Å². The number of aliphatic hydroxyl groups is 1. The van der Waals surface area contributed by atoms with E-state index in [0.29, 0.717) is 5.56 Å². The van der Waals surface area contributed by atoms with Gasteiger partial charge in [0.1, 0.15) is 6.23 Å². The molecule has 0 bridgehead atoms. The van der Waals surface area contributed by atoms with E-state index < -0.39 is 29.2 Å². The van der Waals surface area contributed by atoms with Crippen molar-refractivity contribution in [2.45, 2.75) is 12.3 Å². The van der Waals surface area contributed by atoms with Crippen LogP contribution < -0.4 is 4.72 Å². The van der Waals surface area contributed by atoms with Gasteiger partial charge in [0.25, 0.3) is 0 Å². The number of carboxylic acid groups (broad SMARTS) is 1. The number of rotatable bonds is 3. The van der Waals surface area contributed by atoms with Gasteiger partial charge in [-0.3, -0.25) is 13.9 Å². The third-order valence-corrected chi connectivity index (χ3v) is 4.21. The molecule has 18 heavy (non-hydrogen) atoms. The second kappa shape index (κ2) is 4.84. The molecule has 100 valence electrons. The first kappa shape index (κ1) is 13.3. The summed E-state index contributed by atoms with van der Waals surface area (Å²) in [5.41, 5.74) is 0.417. The Morgan fingerprint density at radius 3 is 2.44 bits per heavy atom.